The minimum atomic E-state index is -0.405. The topological polar surface area (TPSA) is 67.4 Å². The van der Waals surface area contributed by atoms with E-state index in [1.807, 2.05) is 0 Å². The predicted molar refractivity (Wildman–Crippen MR) is 69.6 cm³/mol. The Balaban J connectivity index is 2.38. The summed E-state index contributed by atoms with van der Waals surface area (Å²) >= 11 is 5.88. The van der Waals surface area contributed by atoms with Gasteiger partial charge in [-0.25, -0.2) is 0 Å². The van der Waals surface area contributed by atoms with Crippen LogP contribution in [0.15, 0.2) is 24.3 Å². The SMILES string of the molecule is COCCNC(=O)CC(=O)Nc1ccccc1Cl. The lowest BCUT2D eigenvalue weighted by Crippen LogP contribution is -2.30. The highest BCUT2D eigenvalue weighted by Crippen LogP contribution is 2.20. The molecule has 0 aliphatic carbocycles. The van der Waals surface area contributed by atoms with Crippen LogP contribution in [-0.2, 0) is 14.3 Å². The number of carbonyl (C=O) groups excluding carboxylic acids is 2. The maximum Gasteiger partial charge on any atom is 0.233 e. The van der Waals surface area contributed by atoms with Crippen molar-refractivity contribution in [1.29, 1.82) is 0 Å². The van der Waals surface area contributed by atoms with Crippen molar-refractivity contribution in [2.75, 3.05) is 25.6 Å². The lowest BCUT2D eigenvalue weighted by Gasteiger charge is -2.07. The normalized spacial score (nSPS) is 9.89. The number of benzene rings is 1. The van der Waals surface area contributed by atoms with Gasteiger partial charge in [0.15, 0.2) is 0 Å². The molecule has 0 aliphatic rings. The van der Waals surface area contributed by atoms with Crippen LogP contribution in [-0.4, -0.2) is 32.1 Å². The lowest BCUT2D eigenvalue weighted by molar-refractivity contribution is -0.126. The summed E-state index contributed by atoms with van der Waals surface area (Å²) in [5.74, 6) is -0.755. The highest BCUT2D eigenvalue weighted by atomic mass is 35.5. The van der Waals surface area contributed by atoms with Crippen LogP contribution in [0.1, 0.15) is 6.42 Å². The molecule has 0 aliphatic heterocycles. The van der Waals surface area contributed by atoms with Gasteiger partial charge in [-0.2, -0.15) is 0 Å². The number of nitrogens with one attached hydrogen (secondary N) is 2. The molecule has 1 aromatic rings. The minimum Gasteiger partial charge on any atom is -0.383 e. The monoisotopic (exact) mass is 270 g/mol. The van der Waals surface area contributed by atoms with Crippen LogP contribution in [0.25, 0.3) is 0 Å². The zero-order valence-corrected chi connectivity index (χ0v) is 10.8. The maximum atomic E-state index is 11.5. The zero-order chi connectivity index (χ0) is 13.4. The average molecular weight is 271 g/mol. The van der Waals surface area contributed by atoms with E-state index < -0.39 is 5.91 Å². The molecule has 1 aromatic carbocycles. The molecule has 0 unspecified atom stereocenters. The second-order valence-corrected chi connectivity index (χ2v) is 3.95. The van der Waals surface area contributed by atoms with E-state index >= 15 is 0 Å². The van der Waals surface area contributed by atoms with E-state index in [2.05, 4.69) is 10.6 Å². The fourth-order valence-corrected chi connectivity index (χ4v) is 1.44. The molecule has 98 valence electrons. The van der Waals surface area contributed by atoms with Gasteiger partial charge in [0.2, 0.25) is 11.8 Å². The highest BCUT2D eigenvalue weighted by molar-refractivity contribution is 6.33. The van der Waals surface area contributed by atoms with E-state index in [4.69, 9.17) is 16.3 Å². The number of hydrogen-bond acceptors (Lipinski definition) is 3. The van der Waals surface area contributed by atoms with Gasteiger partial charge < -0.3 is 15.4 Å². The van der Waals surface area contributed by atoms with Gasteiger partial charge in [0.05, 0.1) is 17.3 Å². The highest BCUT2D eigenvalue weighted by Gasteiger charge is 2.10. The fourth-order valence-electron chi connectivity index (χ4n) is 1.26. The van der Waals surface area contributed by atoms with Gasteiger partial charge in [-0.05, 0) is 12.1 Å². The van der Waals surface area contributed by atoms with Crippen molar-refractivity contribution in [3.63, 3.8) is 0 Å². The molecule has 0 bridgehead atoms. The first-order chi connectivity index (χ1) is 8.63. The number of para-hydroxylation sites is 1. The molecule has 0 saturated heterocycles. The van der Waals surface area contributed by atoms with E-state index in [1.54, 1.807) is 24.3 Å². The van der Waals surface area contributed by atoms with E-state index in [9.17, 15) is 9.59 Å². The average Bonchev–Trinajstić information content (AvgIpc) is 2.32. The third-order valence-corrected chi connectivity index (χ3v) is 2.43. The second kappa shape index (κ2) is 7.68. The van der Waals surface area contributed by atoms with Crippen molar-refractivity contribution in [1.82, 2.24) is 5.32 Å². The molecular weight excluding hydrogens is 256 g/mol. The van der Waals surface area contributed by atoms with E-state index in [-0.39, 0.29) is 12.3 Å². The molecule has 0 heterocycles. The van der Waals surface area contributed by atoms with E-state index in [0.717, 1.165) is 0 Å². The van der Waals surface area contributed by atoms with Crippen molar-refractivity contribution in [2.24, 2.45) is 0 Å². The molecule has 5 nitrogen and oxygen atoms in total. The summed E-state index contributed by atoms with van der Waals surface area (Å²) in [5.41, 5.74) is 0.494. The fraction of sp³-hybridized carbons (Fsp3) is 0.333. The predicted octanol–water partition coefficient (Wildman–Crippen LogP) is 1.43. The van der Waals surface area contributed by atoms with Crippen LogP contribution in [0, 0.1) is 0 Å². The molecular formula is C12H15ClN2O3. The molecule has 0 fully saturated rings. The van der Waals surface area contributed by atoms with Crippen molar-refractivity contribution >= 4 is 29.1 Å². The second-order valence-electron chi connectivity index (χ2n) is 3.55. The van der Waals surface area contributed by atoms with Crippen LogP contribution >= 0.6 is 11.6 Å². The molecule has 0 atom stereocenters. The van der Waals surface area contributed by atoms with Crippen molar-refractivity contribution in [2.45, 2.75) is 6.42 Å². The first-order valence-corrected chi connectivity index (χ1v) is 5.81. The summed E-state index contributed by atoms with van der Waals surface area (Å²) in [6.07, 6.45) is -0.241. The largest absolute Gasteiger partial charge is 0.383 e. The Bertz CT molecular complexity index is 424. The van der Waals surface area contributed by atoms with Gasteiger partial charge in [0, 0.05) is 13.7 Å². The Hall–Kier alpha value is -1.59. The van der Waals surface area contributed by atoms with Crippen LogP contribution in [0.2, 0.25) is 5.02 Å². The smallest absolute Gasteiger partial charge is 0.233 e. The van der Waals surface area contributed by atoms with Gasteiger partial charge in [0.1, 0.15) is 6.42 Å². The minimum absolute atomic E-state index is 0.241. The summed E-state index contributed by atoms with van der Waals surface area (Å²) in [4.78, 5) is 22.9. The van der Waals surface area contributed by atoms with Crippen molar-refractivity contribution in [3.8, 4) is 0 Å². The molecule has 6 heteroatoms. The first-order valence-electron chi connectivity index (χ1n) is 5.43. The van der Waals surface area contributed by atoms with Crippen LogP contribution < -0.4 is 10.6 Å². The van der Waals surface area contributed by atoms with Crippen LogP contribution in [0.5, 0.6) is 0 Å². The Morgan fingerprint density at radius 1 is 1.28 bits per heavy atom. The van der Waals surface area contributed by atoms with Crippen LogP contribution in [0.3, 0.4) is 0 Å². The number of ether oxygens (including phenoxy) is 1. The third kappa shape index (κ3) is 5.16. The summed E-state index contributed by atoms with van der Waals surface area (Å²) in [7, 11) is 1.54. The van der Waals surface area contributed by atoms with Crippen molar-refractivity contribution < 1.29 is 14.3 Å². The number of anilines is 1. The van der Waals surface area contributed by atoms with Gasteiger partial charge in [-0.15, -0.1) is 0 Å². The number of methoxy groups -OCH3 is 1. The number of hydrogen-bond donors (Lipinski definition) is 2. The Kier molecular flexibility index (Phi) is 6.18. The Morgan fingerprint density at radius 3 is 2.67 bits per heavy atom. The Labute approximate surface area is 110 Å². The Morgan fingerprint density at radius 2 is 2.00 bits per heavy atom. The number of amides is 2. The van der Waals surface area contributed by atoms with Gasteiger partial charge in [-0.3, -0.25) is 9.59 Å². The number of rotatable bonds is 6. The quantitative estimate of drug-likeness (QED) is 0.607. The number of halogens is 1. The summed E-state index contributed by atoms with van der Waals surface area (Å²) < 4.78 is 4.78. The van der Waals surface area contributed by atoms with Crippen LogP contribution in [0.4, 0.5) is 5.69 Å². The molecule has 0 spiro atoms. The van der Waals surface area contributed by atoms with E-state index in [1.165, 1.54) is 7.11 Å². The molecule has 1 rings (SSSR count). The molecule has 18 heavy (non-hydrogen) atoms. The van der Waals surface area contributed by atoms with Crippen molar-refractivity contribution in [3.05, 3.63) is 29.3 Å². The lowest BCUT2D eigenvalue weighted by atomic mass is 10.3. The standard InChI is InChI=1S/C12H15ClN2O3/c1-18-7-6-14-11(16)8-12(17)15-10-5-3-2-4-9(10)13/h2-5H,6-8H2,1H3,(H,14,16)(H,15,17). The molecule has 0 radical (unpaired) electrons. The summed E-state index contributed by atoms with van der Waals surface area (Å²) in [6.45, 7) is 0.798. The number of carbonyl (C=O) groups is 2. The molecule has 0 aromatic heterocycles. The zero-order valence-electron chi connectivity index (χ0n) is 10.0. The van der Waals surface area contributed by atoms with Gasteiger partial charge >= 0.3 is 0 Å². The van der Waals surface area contributed by atoms with Gasteiger partial charge in [0.25, 0.3) is 0 Å². The molecule has 2 N–H and O–H groups in total. The maximum absolute atomic E-state index is 11.5. The molecule has 2 amide bonds. The van der Waals surface area contributed by atoms with Gasteiger partial charge in [-0.1, -0.05) is 23.7 Å². The summed E-state index contributed by atoms with van der Waals surface area (Å²) in [5, 5.41) is 5.56. The summed E-state index contributed by atoms with van der Waals surface area (Å²) in [6, 6.07) is 6.84. The first kappa shape index (κ1) is 14.5. The van der Waals surface area contributed by atoms with E-state index in [0.29, 0.717) is 23.9 Å². The third-order valence-electron chi connectivity index (χ3n) is 2.10. The molecule has 0 saturated carbocycles.